The van der Waals surface area contributed by atoms with Crippen LogP contribution in [0.5, 0.6) is 0 Å². The SMILES string of the molecule is CCC(C)(C)C(=O)N(CCC(N)=S)c1ccccc1. The first kappa shape index (κ1) is 15.6. The van der Waals surface area contributed by atoms with Crippen LogP contribution in [-0.4, -0.2) is 17.4 Å². The molecule has 0 heterocycles. The Balaban J connectivity index is 2.99. The molecule has 1 aromatic carbocycles. The number of thiocarbonyl (C=S) groups is 1. The third-order valence-electron chi connectivity index (χ3n) is 3.36. The maximum absolute atomic E-state index is 12.7. The zero-order valence-corrected chi connectivity index (χ0v) is 12.7. The van der Waals surface area contributed by atoms with Gasteiger partial charge in [-0.1, -0.05) is 51.2 Å². The van der Waals surface area contributed by atoms with Crippen molar-refractivity contribution in [2.24, 2.45) is 11.1 Å². The Morgan fingerprint density at radius 3 is 2.37 bits per heavy atom. The van der Waals surface area contributed by atoms with E-state index in [1.165, 1.54) is 0 Å². The Kier molecular flexibility index (Phi) is 5.48. The molecule has 1 amide bonds. The molecule has 0 saturated heterocycles. The van der Waals surface area contributed by atoms with Crippen LogP contribution in [0.15, 0.2) is 30.3 Å². The predicted molar refractivity (Wildman–Crippen MR) is 84.3 cm³/mol. The number of carbonyl (C=O) groups excluding carboxylic acids is 1. The molecule has 0 aromatic heterocycles. The smallest absolute Gasteiger partial charge is 0.232 e. The average Bonchev–Trinajstić information content (AvgIpc) is 2.39. The molecule has 4 heteroatoms. The first-order valence-corrected chi connectivity index (χ1v) is 6.94. The second-order valence-corrected chi connectivity index (χ2v) is 5.77. The standard InChI is InChI=1S/C15H22N2OS/c1-4-15(2,3)14(18)17(11-10-13(16)19)12-8-6-5-7-9-12/h5-9H,4,10-11H2,1-3H3,(H2,16,19). The summed E-state index contributed by atoms with van der Waals surface area (Å²) in [7, 11) is 0. The highest BCUT2D eigenvalue weighted by Crippen LogP contribution is 2.26. The number of benzene rings is 1. The highest BCUT2D eigenvalue weighted by Gasteiger charge is 2.30. The molecule has 19 heavy (non-hydrogen) atoms. The van der Waals surface area contributed by atoms with E-state index in [4.69, 9.17) is 18.0 Å². The van der Waals surface area contributed by atoms with Crippen molar-refractivity contribution in [2.75, 3.05) is 11.4 Å². The van der Waals surface area contributed by atoms with E-state index < -0.39 is 0 Å². The average molecular weight is 278 g/mol. The van der Waals surface area contributed by atoms with Gasteiger partial charge in [-0.3, -0.25) is 4.79 Å². The molecule has 1 aromatic rings. The third kappa shape index (κ3) is 4.31. The summed E-state index contributed by atoms with van der Waals surface area (Å²) < 4.78 is 0. The minimum absolute atomic E-state index is 0.109. The van der Waals surface area contributed by atoms with Gasteiger partial charge in [0.25, 0.3) is 0 Å². The van der Waals surface area contributed by atoms with Gasteiger partial charge in [0.2, 0.25) is 5.91 Å². The van der Waals surface area contributed by atoms with Gasteiger partial charge >= 0.3 is 0 Å². The lowest BCUT2D eigenvalue weighted by molar-refractivity contribution is -0.126. The van der Waals surface area contributed by atoms with Crippen molar-refractivity contribution in [3.8, 4) is 0 Å². The predicted octanol–water partition coefficient (Wildman–Crippen LogP) is 3.13. The van der Waals surface area contributed by atoms with E-state index in [-0.39, 0.29) is 11.3 Å². The molecule has 104 valence electrons. The molecular weight excluding hydrogens is 256 g/mol. The fourth-order valence-corrected chi connectivity index (χ4v) is 1.79. The summed E-state index contributed by atoms with van der Waals surface area (Å²) in [6.07, 6.45) is 1.33. The summed E-state index contributed by atoms with van der Waals surface area (Å²) >= 11 is 4.91. The van der Waals surface area contributed by atoms with Crippen molar-refractivity contribution >= 4 is 28.8 Å². The Morgan fingerprint density at radius 2 is 1.89 bits per heavy atom. The molecule has 0 aliphatic rings. The largest absolute Gasteiger partial charge is 0.393 e. The van der Waals surface area contributed by atoms with Gasteiger partial charge in [-0.15, -0.1) is 0 Å². The first-order valence-electron chi connectivity index (χ1n) is 6.54. The van der Waals surface area contributed by atoms with Gasteiger partial charge in [0.05, 0.1) is 4.99 Å². The number of nitrogens with two attached hydrogens (primary N) is 1. The van der Waals surface area contributed by atoms with Crippen LogP contribution in [0.1, 0.15) is 33.6 Å². The number of para-hydroxylation sites is 1. The molecule has 0 aliphatic carbocycles. The summed E-state index contributed by atoms with van der Waals surface area (Å²) in [5, 5.41) is 0. The van der Waals surface area contributed by atoms with Crippen LogP contribution in [0.25, 0.3) is 0 Å². The van der Waals surface area contributed by atoms with Gasteiger partial charge in [0.1, 0.15) is 0 Å². The van der Waals surface area contributed by atoms with Gasteiger partial charge < -0.3 is 10.6 Å². The van der Waals surface area contributed by atoms with E-state index in [9.17, 15) is 4.79 Å². The van der Waals surface area contributed by atoms with Crippen LogP contribution in [0.3, 0.4) is 0 Å². The summed E-state index contributed by atoms with van der Waals surface area (Å²) in [5.41, 5.74) is 6.06. The lowest BCUT2D eigenvalue weighted by Crippen LogP contribution is -2.42. The monoisotopic (exact) mass is 278 g/mol. The van der Waals surface area contributed by atoms with Crippen LogP contribution >= 0.6 is 12.2 Å². The number of hydrogen-bond acceptors (Lipinski definition) is 2. The normalized spacial score (nSPS) is 11.1. The quantitative estimate of drug-likeness (QED) is 0.813. The minimum Gasteiger partial charge on any atom is -0.393 e. The topological polar surface area (TPSA) is 46.3 Å². The van der Waals surface area contributed by atoms with Crippen LogP contribution in [-0.2, 0) is 4.79 Å². The molecule has 3 nitrogen and oxygen atoms in total. The molecule has 0 fully saturated rings. The first-order chi connectivity index (χ1) is 8.88. The number of nitrogens with zero attached hydrogens (tertiary/aromatic N) is 1. The molecule has 0 radical (unpaired) electrons. The fourth-order valence-electron chi connectivity index (χ4n) is 1.69. The van der Waals surface area contributed by atoms with Crippen molar-refractivity contribution in [1.82, 2.24) is 0 Å². The van der Waals surface area contributed by atoms with Crippen molar-refractivity contribution in [2.45, 2.75) is 33.6 Å². The van der Waals surface area contributed by atoms with Gasteiger partial charge in [-0.05, 0) is 18.6 Å². The second kappa shape index (κ2) is 6.66. The molecule has 0 spiro atoms. The van der Waals surface area contributed by atoms with Crippen LogP contribution in [0.4, 0.5) is 5.69 Å². The summed E-state index contributed by atoms with van der Waals surface area (Å²) in [6, 6.07) is 9.65. The van der Waals surface area contributed by atoms with Gasteiger partial charge in [0, 0.05) is 24.1 Å². The molecular formula is C15H22N2OS. The van der Waals surface area contributed by atoms with Crippen molar-refractivity contribution in [3.63, 3.8) is 0 Å². The molecule has 0 bridgehead atoms. The molecule has 2 N–H and O–H groups in total. The van der Waals surface area contributed by atoms with E-state index >= 15 is 0 Å². The van der Waals surface area contributed by atoms with E-state index in [0.717, 1.165) is 12.1 Å². The van der Waals surface area contributed by atoms with E-state index in [2.05, 4.69) is 0 Å². The summed E-state index contributed by atoms with van der Waals surface area (Å²) in [4.78, 5) is 14.9. The lowest BCUT2D eigenvalue weighted by Gasteiger charge is -2.31. The second-order valence-electron chi connectivity index (χ2n) is 5.25. The lowest BCUT2D eigenvalue weighted by atomic mass is 9.88. The van der Waals surface area contributed by atoms with E-state index in [1.54, 1.807) is 4.90 Å². The highest BCUT2D eigenvalue weighted by molar-refractivity contribution is 7.80. The number of amides is 1. The molecule has 0 aliphatic heterocycles. The van der Waals surface area contributed by atoms with E-state index in [0.29, 0.717) is 18.0 Å². The van der Waals surface area contributed by atoms with Crippen molar-refractivity contribution in [3.05, 3.63) is 30.3 Å². The number of hydrogen-bond donors (Lipinski definition) is 1. The minimum atomic E-state index is -0.383. The molecule has 0 saturated carbocycles. The Bertz CT molecular complexity index is 443. The summed E-state index contributed by atoms with van der Waals surface area (Å²) in [5.74, 6) is 0.109. The van der Waals surface area contributed by atoms with Crippen LogP contribution < -0.4 is 10.6 Å². The van der Waals surface area contributed by atoms with Crippen molar-refractivity contribution < 1.29 is 4.79 Å². The molecule has 0 unspecified atom stereocenters. The fraction of sp³-hybridized carbons (Fsp3) is 0.467. The number of anilines is 1. The zero-order chi connectivity index (χ0) is 14.5. The van der Waals surface area contributed by atoms with Gasteiger partial charge in [-0.2, -0.15) is 0 Å². The van der Waals surface area contributed by atoms with Crippen LogP contribution in [0, 0.1) is 5.41 Å². The third-order valence-corrected chi connectivity index (χ3v) is 3.56. The Labute approximate surface area is 120 Å². The van der Waals surface area contributed by atoms with Gasteiger partial charge in [0.15, 0.2) is 0 Å². The van der Waals surface area contributed by atoms with Gasteiger partial charge in [-0.25, -0.2) is 0 Å². The maximum Gasteiger partial charge on any atom is 0.232 e. The Morgan fingerprint density at radius 1 is 1.32 bits per heavy atom. The maximum atomic E-state index is 12.7. The number of carbonyl (C=O) groups is 1. The Hall–Kier alpha value is -1.42. The number of rotatable bonds is 6. The van der Waals surface area contributed by atoms with Crippen molar-refractivity contribution in [1.29, 1.82) is 0 Å². The summed E-state index contributed by atoms with van der Waals surface area (Å²) in [6.45, 7) is 6.48. The molecule has 1 rings (SSSR count). The van der Waals surface area contributed by atoms with Crippen LogP contribution in [0.2, 0.25) is 0 Å². The highest BCUT2D eigenvalue weighted by atomic mass is 32.1. The van der Waals surface area contributed by atoms with E-state index in [1.807, 2.05) is 51.1 Å². The zero-order valence-electron chi connectivity index (χ0n) is 11.8. The molecule has 0 atom stereocenters.